The average molecular weight is 2010 g/mol. The summed E-state index contributed by atoms with van der Waals surface area (Å²) in [4.78, 5) is 146. The lowest BCUT2D eigenvalue weighted by atomic mass is 9.82. The highest BCUT2D eigenvalue weighted by molar-refractivity contribution is 6.00. The van der Waals surface area contributed by atoms with Gasteiger partial charge in [0.1, 0.15) is 96.1 Å². The first-order valence-electron chi connectivity index (χ1n) is 50.2. The summed E-state index contributed by atoms with van der Waals surface area (Å²) in [6.07, 6.45) is 38.8. The summed E-state index contributed by atoms with van der Waals surface area (Å²) in [6.45, 7) is 45.1. The van der Waals surface area contributed by atoms with E-state index in [1.807, 2.05) is 141 Å². The third-order valence-corrected chi connectivity index (χ3v) is 25.0. The number of hydrogen-bond acceptors (Lipinski definition) is 30. The van der Waals surface area contributed by atoms with Crippen LogP contribution in [0.4, 0.5) is 28.8 Å². The number of ether oxygens (including phenoxy) is 11. The Kier molecular flexibility index (Phi) is 41.0. The molecule has 37 heteroatoms. The van der Waals surface area contributed by atoms with Crippen molar-refractivity contribution in [3.05, 3.63) is 160 Å². The Morgan fingerprint density at radius 2 is 0.778 bits per heavy atom. The van der Waals surface area contributed by atoms with Crippen LogP contribution in [-0.4, -0.2) is 279 Å². The van der Waals surface area contributed by atoms with E-state index in [0.29, 0.717) is 134 Å². The van der Waals surface area contributed by atoms with Crippen molar-refractivity contribution in [3.63, 3.8) is 0 Å². The first kappa shape index (κ1) is 115. The standard InChI is InChI=1S/C17H24N2O4.C17H22N2O4.C17H24N2O3.C17H22N2O3.C12H16N2O.C10H17NO3.C7H7NO2.C5H11NO2.C4H9N.CH4O/c2*1-16(2,3)23-15(21)19-8-5-17(6-9-19)10-13(20)12-11-18-7-4-14(12)22-17;2*1-16(2,3)22-15(20)19-10-7-17(8-11-19)6-4-13-12-18-9-5-14(13)21-17;1-3-12(4-7-13-8-5-12)15-11-2-6-14-9-10(1)11;1-10(2,3)14-9(13)11-6-4-8(12)5-7-11;1-5(9)6-4-8-3-2-7(6)10;1-5(2,3)8-4(6)7;1-2-4-5-3-1;1-2/h4,7,11,13,20H,5-6,8-10H2,1-3H3;4,7,11H,5-6,8-10H2,1-3H3;5,9,12H,4,6-8,10-11H2,1-3H3;4-6,9,12H,7-8,10-11H2,1-3H3;2,6,9,13H,1,3-5,7-8H2;4-7H2,1-3H3;2-4H,1H3,(H,8,10);1-3H3,(H2,6,7);5H,1-4H2;2H,1H3. The number of nitrogens with zero attached hydrogens (tertiary/aromatic N) is 10. The number of carbonyl (C=O) groups excluding carboxylic acids is 9. The Morgan fingerprint density at radius 3 is 1.19 bits per heavy atom. The second-order valence-corrected chi connectivity index (χ2v) is 43.7. The topological polar surface area (TPSA) is 459 Å². The van der Waals surface area contributed by atoms with Crippen LogP contribution >= 0.6 is 0 Å². The number of fused-ring (bicyclic) bond motifs is 5. The van der Waals surface area contributed by atoms with Crippen molar-refractivity contribution >= 4 is 60.0 Å². The fraction of sp³-hybridized carbons (Fsp3) is 0.617. The summed E-state index contributed by atoms with van der Waals surface area (Å²) in [7, 11) is 1.00. The van der Waals surface area contributed by atoms with Gasteiger partial charge in [0.25, 0.3) is 0 Å². The van der Waals surface area contributed by atoms with Crippen LogP contribution in [0, 0.1) is 0 Å². The largest absolute Gasteiger partial charge is 0.487 e. The third-order valence-electron chi connectivity index (χ3n) is 25.0. The highest BCUT2D eigenvalue weighted by Crippen LogP contribution is 2.46. The number of aromatic nitrogens is 6. The number of aryl methyl sites for hydroxylation is 2. The number of likely N-dealkylation sites (tertiary alicyclic amines) is 5. The van der Waals surface area contributed by atoms with Crippen molar-refractivity contribution in [2.75, 3.05) is 98.7 Å². The zero-order chi connectivity index (χ0) is 106. The van der Waals surface area contributed by atoms with Crippen LogP contribution in [0.25, 0.3) is 6.08 Å². The van der Waals surface area contributed by atoms with Gasteiger partial charge in [0.15, 0.2) is 17.0 Å². The van der Waals surface area contributed by atoms with E-state index in [1.165, 1.54) is 62.4 Å². The number of rotatable bonds is 1. The van der Waals surface area contributed by atoms with E-state index in [1.54, 1.807) is 101 Å². The molecule has 18 rings (SSSR count). The minimum Gasteiger partial charge on any atom is -0.487 e. The number of nitrogens with one attached hydrogen (secondary N) is 3. The molecule has 7 saturated heterocycles. The lowest BCUT2D eigenvalue weighted by Crippen LogP contribution is -2.53. The number of hydrogen-bond donors (Lipinski definition) is 6. The molecule has 5 spiro atoms. The summed E-state index contributed by atoms with van der Waals surface area (Å²) in [5, 5.41) is 24.0. The van der Waals surface area contributed by atoms with Gasteiger partial charge in [-0.1, -0.05) is 0 Å². The summed E-state index contributed by atoms with van der Waals surface area (Å²) in [5.41, 5.74) is 5.38. The highest BCUT2D eigenvalue weighted by Gasteiger charge is 2.48. The van der Waals surface area contributed by atoms with Crippen molar-refractivity contribution in [3.8, 4) is 28.7 Å². The van der Waals surface area contributed by atoms with Crippen LogP contribution in [0.3, 0.4) is 0 Å². The van der Waals surface area contributed by atoms with Gasteiger partial charge in [0.05, 0.1) is 23.7 Å². The normalized spacial score (nSPS) is 19.3. The molecule has 0 saturated carbocycles. The SMILES string of the molecule is C1CCNC1.CC(=O)c1c[nH]ccc1=O.CC(C)(C)OC(=O)N1CCC(=O)CC1.CC(C)(C)OC(=O)N1CCC2(C=Cc3cnccc3O2)CC1.CC(C)(C)OC(=O)N1CCC2(CC1)CC(=O)c1cnccc1O2.CC(C)(C)OC(=O)N1CCC2(CC1)CC(O)c1cnccc1O2.CC(C)(C)OC(=O)N1CCC2(CCc3cnccc3O2)CC1.CC(C)(C)OC(N)=O.CO.c1cc2c(cn1)CCC1(CCNCC1)O2. The molecular formula is C107H156N14O23. The summed E-state index contributed by atoms with van der Waals surface area (Å²) >= 11 is 0. The van der Waals surface area contributed by atoms with Crippen LogP contribution in [0.5, 0.6) is 28.7 Å². The van der Waals surface area contributed by atoms with Gasteiger partial charge in [-0.15, -0.1) is 0 Å². The Balaban J connectivity index is 0.000000185. The molecule has 0 radical (unpaired) electrons. The van der Waals surface area contributed by atoms with Gasteiger partial charge in [-0.2, -0.15) is 0 Å². The first-order valence-corrected chi connectivity index (χ1v) is 50.2. The van der Waals surface area contributed by atoms with E-state index in [2.05, 4.69) is 57.4 Å². The van der Waals surface area contributed by atoms with Gasteiger partial charge in [0.2, 0.25) is 0 Å². The Hall–Kier alpha value is -12.1. The quantitative estimate of drug-likeness (QED) is 0.0657. The zero-order valence-corrected chi connectivity index (χ0v) is 88.2. The number of aromatic amines is 1. The fourth-order valence-electron chi connectivity index (χ4n) is 17.6. The lowest BCUT2D eigenvalue weighted by Gasteiger charge is -2.45. The Bertz CT molecular complexity index is 5300. The number of ketones is 3. The second kappa shape index (κ2) is 51.1. The van der Waals surface area contributed by atoms with Gasteiger partial charge in [-0.05, 0) is 252 Å². The summed E-state index contributed by atoms with van der Waals surface area (Å²) in [6, 6.07) is 10.7. The van der Waals surface area contributed by atoms with Crippen LogP contribution in [0.15, 0.2) is 122 Å². The van der Waals surface area contributed by atoms with Crippen LogP contribution in [-0.2, 0) is 46.1 Å². The predicted molar refractivity (Wildman–Crippen MR) is 542 cm³/mol. The van der Waals surface area contributed by atoms with E-state index >= 15 is 0 Å². The third kappa shape index (κ3) is 36.9. The monoisotopic (exact) mass is 2010 g/mol. The van der Waals surface area contributed by atoms with Crippen LogP contribution in [0.1, 0.15) is 296 Å². The number of nitrogens with two attached hydrogens (primary N) is 1. The number of piperidine rings is 6. The van der Waals surface area contributed by atoms with Crippen molar-refractivity contribution in [2.24, 2.45) is 5.73 Å². The van der Waals surface area contributed by atoms with Crippen molar-refractivity contribution in [1.82, 2.24) is 65.0 Å². The molecule has 12 aliphatic rings. The van der Waals surface area contributed by atoms with E-state index < -0.39 is 57.0 Å². The second-order valence-electron chi connectivity index (χ2n) is 43.7. The fourth-order valence-corrected chi connectivity index (χ4v) is 17.6. The van der Waals surface area contributed by atoms with Gasteiger partial charge < -0.3 is 108 Å². The number of pyridine rings is 6. The average Bonchev–Trinajstić information content (AvgIpc) is 0.846. The van der Waals surface area contributed by atoms with E-state index in [0.717, 1.165) is 113 Å². The van der Waals surface area contributed by atoms with Crippen LogP contribution in [0.2, 0.25) is 0 Å². The number of aliphatic hydroxyl groups excluding tert-OH is 2. The smallest absolute Gasteiger partial charge is 0.410 e. The summed E-state index contributed by atoms with van der Waals surface area (Å²) < 4.78 is 62.4. The number of carbonyl (C=O) groups is 9. The molecule has 6 aromatic heterocycles. The maximum absolute atomic E-state index is 12.3. The van der Waals surface area contributed by atoms with Gasteiger partial charge in [0, 0.05) is 246 Å². The highest BCUT2D eigenvalue weighted by atomic mass is 16.6. The molecule has 0 aliphatic carbocycles. The molecule has 18 heterocycles. The molecule has 7 N–H and O–H groups in total. The van der Waals surface area contributed by atoms with Crippen LogP contribution < -0.4 is 45.5 Å². The van der Waals surface area contributed by atoms with E-state index in [-0.39, 0.29) is 75.6 Å². The molecule has 1 unspecified atom stereocenters. The number of aliphatic hydroxyl groups is 2. The number of amides is 6. The summed E-state index contributed by atoms with van der Waals surface area (Å²) in [5.74, 6) is 4.25. The lowest BCUT2D eigenvalue weighted by molar-refractivity contribution is -0.121. The molecule has 7 fully saturated rings. The predicted octanol–water partition coefficient (Wildman–Crippen LogP) is 16.5. The molecule has 0 bridgehead atoms. The molecule has 6 aromatic rings. The minimum atomic E-state index is -0.725. The Morgan fingerprint density at radius 1 is 0.410 bits per heavy atom. The molecule has 37 nitrogen and oxygen atoms in total. The van der Waals surface area contributed by atoms with Gasteiger partial charge in [-0.25, -0.2) is 28.8 Å². The number of Topliss-reactive ketones (excluding diaryl/α,β-unsaturated/α-hetero) is 3. The maximum atomic E-state index is 12.3. The molecule has 6 amide bonds. The molecule has 0 aromatic carbocycles. The van der Waals surface area contributed by atoms with Gasteiger partial charge in [-0.3, -0.25) is 44.1 Å². The molecular weight excluding hydrogens is 1850 g/mol. The van der Waals surface area contributed by atoms with E-state index in [4.69, 9.17) is 58.2 Å². The molecule has 792 valence electrons. The van der Waals surface area contributed by atoms with E-state index in [9.17, 15) is 53.1 Å². The zero-order valence-electron chi connectivity index (χ0n) is 88.2. The Labute approximate surface area is 847 Å². The van der Waals surface area contributed by atoms with Crippen molar-refractivity contribution < 1.29 is 105 Å². The first-order chi connectivity index (χ1) is 67.7. The van der Waals surface area contributed by atoms with Crippen molar-refractivity contribution in [2.45, 2.75) is 328 Å². The van der Waals surface area contributed by atoms with Crippen molar-refractivity contribution in [1.29, 1.82) is 0 Å². The number of primary amides is 1. The molecule has 12 aliphatic heterocycles. The van der Waals surface area contributed by atoms with Gasteiger partial charge >= 0.3 is 36.6 Å². The molecule has 1 atom stereocenters. The molecule has 144 heavy (non-hydrogen) atoms. The minimum absolute atomic E-state index is 0.0602. The number of H-pyrrole nitrogens is 1. The maximum Gasteiger partial charge on any atom is 0.410 e.